The summed E-state index contributed by atoms with van der Waals surface area (Å²) in [6.45, 7) is 5.60. The van der Waals surface area contributed by atoms with Gasteiger partial charge in [-0.25, -0.2) is 0 Å². The van der Waals surface area contributed by atoms with Gasteiger partial charge in [-0.15, -0.1) is 0 Å². The van der Waals surface area contributed by atoms with Gasteiger partial charge in [-0.2, -0.15) is 18.3 Å². The Morgan fingerprint density at radius 1 is 1.13 bits per heavy atom. The third-order valence-electron chi connectivity index (χ3n) is 4.47. The summed E-state index contributed by atoms with van der Waals surface area (Å²) in [7, 11) is 0. The number of nitro groups is 1. The number of carbonyl (C=O) groups is 1. The number of nitrogens with zero attached hydrogens (tertiary/aromatic N) is 2. The average molecular weight is 434 g/mol. The molecule has 0 bridgehead atoms. The number of amides is 1. The van der Waals surface area contributed by atoms with E-state index in [2.05, 4.69) is 10.4 Å². The Balaban J connectivity index is 1.91. The van der Waals surface area contributed by atoms with Crippen molar-refractivity contribution in [1.29, 1.82) is 0 Å². The number of hydrogen-bond acceptors (Lipinski definition) is 5. The van der Waals surface area contributed by atoms with Gasteiger partial charge in [0.1, 0.15) is 17.2 Å². The highest BCUT2D eigenvalue weighted by Gasteiger charge is 2.33. The van der Waals surface area contributed by atoms with Crippen molar-refractivity contribution in [2.45, 2.75) is 26.9 Å². The first-order valence-electron chi connectivity index (χ1n) is 8.93. The minimum Gasteiger partial charge on any atom is -0.457 e. The highest BCUT2D eigenvalue weighted by Crippen LogP contribution is 2.33. The van der Waals surface area contributed by atoms with Crippen molar-refractivity contribution in [1.82, 2.24) is 10.2 Å². The van der Waals surface area contributed by atoms with Crippen LogP contribution >= 0.6 is 0 Å². The van der Waals surface area contributed by atoms with Crippen LogP contribution in [0.3, 0.4) is 0 Å². The molecule has 2 aromatic carbocycles. The average Bonchev–Trinajstić information content (AvgIpc) is 3.16. The lowest BCUT2D eigenvalue weighted by Crippen LogP contribution is -2.12. The third kappa shape index (κ3) is 5.00. The summed E-state index contributed by atoms with van der Waals surface area (Å²) in [5.74, 6) is -0.409. The number of aromatic nitrogens is 2. The first-order valence-corrected chi connectivity index (χ1v) is 8.93. The molecule has 0 aliphatic heterocycles. The molecule has 0 atom stereocenters. The van der Waals surface area contributed by atoms with Gasteiger partial charge in [-0.05, 0) is 43.5 Å². The second-order valence-electron chi connectivity index (χ2n) is 6.90. The Bertz CT molecular complexity index is 1170. The molecule has 0 radical (unpaired) electrons. The fraction of sp³-hybridized carbons (Fsp3) is 0.200. The van der Waals surface area contributed by atoms with Crippen LogP contribution in [0.1, 0.15) is 32.9 Å². The molecule has 2 N–H and O–H groups in total. The summed E-state index contributed by atoms with van der Waals surface area (Å²) in [5, 5.41) is 18.7. The molecule has 0 saturated carbocycles. The van der Waals surface area contributed by atoms with Crippen molar-refractivity contribution in [3.63, 3.8) is 0 Å². The quantitative estimate of drug-likeness (QED) is 0.418. The maximum atomic E-state index is 12.7. The van der Waals surface area contributed by atoms with E-state index in [1.165, 1.54) is 12.1 Å². The van der Waals surface area contributed by atoms with Crippen LogP contribution in [0.5, 0.6) is 11.5 Å². The van der Waals surface area contributed by atoms with Gasteiger partial charge >= 0.3 is 6.18 Å². The van der Waals surface area contributed by atoms with Crippen LogP contribution in [0.4, 0.5) is 24.5 Å². The smallest absolute Gasteiger partial charge is 0.432 e. The van der Waals surface area contributed by atoms with Crippen molar-refractivity contribution in [2.75, 3.05) is 5.32 Å². The fourth-order valence-corrected chi connectivity index (χ4v) is 2.83. The zero-order chi connectivity index (χ0) is 22.9. The first-order chi connectivity index (χ1) is 14.4. The van der Waals surface area contributed by atoms with Gasteiger partial charge in [0.15, 0.2) is 5.69 Å². The van der Waals surface area contributed by atoms with Crippen LogP contribution in [0.15, 0.2) is 36.4 Å². The van der Waals surface area contributed by atoms with E-state index >= 15 is 0 Å². The predicted octanol–water partition coefficient (Wildman–Crippen LogP) is 5.31. The van der Waals surface area contributed by atoms with E-state index < -0.39 is 28.4 Å². The Morgan fingerprint density at radius 3 is 2.45 bits per heavy atom. The summed E-state index contributed by atoms with van der Waals surface area (Å²) < 4.78 is 43.9. The molecular formula is C20H17F3N4O4. The molecule has 162 valence electrons. The fourth-order valence-electron chi connectivity index (χ4n) is 2.83. The van der Waals surface area contributed by atoms with Crippen molar-refractivity contribution in [3.05, 3.63) is 74.6 Å². The highest BCUT2D eigenvalue weighted by atomic mass is 19.4. The van der Waals surface area contributed by atoms with Gasteiger partial charge in [0.25, 0.3) is 11.6 Å². The van der Waals surface area contributed by atoms with Crippen LogP contribution in [0.25, 0.3) is 0 Å². The molecule has 8 nitrogen and oxygen atoms in total. The van der Waals surface area contributed by atoms with E-state index in [-0.39, 0.29) is 17.1 Å². The number of anilines is 1. The Kier molecular flexibility index (Phi) is 5.69. The zero-order valence-corrected chi connectivity index (χ0v) is 16.6. The molecule has 0 aliphatic carbocycles. The Hall–Kier alpha value is -3.89. The number of H-pyrrole nitrogens is 1. The molecule has 3 rings (SSSR count). The van der Waals surface area contributed by atoms with Crippen molar-refractivity contribution in [2.24, 2.45) is 0 Å². The van der Waals surface area contributed by atoms with Gasteiger partial charge in [0.2, 0.25) is 0 Å². The molecule has 0 fully saturated rings. The van der Waals surface area contributed by atoms with Gasteiger partial charge in [0, 0.05) is 18.2 Å². The minimum absolute atomic E-state index is 0.0345. The van der Waals surface area contributed by atoms with E-state index in [1.807, 2.05) is 26.8 Å². The SMILES string of the molecule is Cc1cc(C)c(C)c(Oc2cc(NC(=O)c3cc(C(F)(F)F)[nH]n3)cc([N+](=O)[O-])c2)c1. The number of hydrogen-bond donors (Lipinski definition) is 2. The van der Waals surface area contributed by atoms with Gasteiger partial charge in [-0.1, -0.05) is 6.07 Å². The number of benzene rings is 2. The Morgan fingerprint density at radius 2 is 1.84 bits per heavy atom. The number of aryl methyl sites for hydroxylation is 2. The van der Waals surface area contributed by atoms with Gasteiger partial charge < -0.3 is 10.1 Å². The van der Waals surface area contributed by atoms with Crippen LogP contribution in [0.2, 0.25) is 0 Å². The second kappa shape index (κ2) is 8.09. The normalized spacial score (nSPS) is 11.3. The standard InChI is InChI=1S/C20H17F3N4O4/c1-10-4-11(2)12(3)17(5-10)31-15-7-13(6-14(8-15)27(29)30)24-19(28)16-9-18(26-25-16)20(21,22)23/h4-9H,1-3H3,(H,24,28)(H,25,26). The number of alkyl halides is 3. The van der Waals surface area contributed by atoms with Gasteiger partial charge in [0.05, 0.1) is 16.7 Å². The van der Waals surface area contributed by atoms with Crippen molar-refractivity contribution in [3.8, 4) is 11.5 Å². The molecule has 1 aromatic heterocycles. The maximum Gasteiger partial charge on any atom is 0.432 e. The lowest BCUT2D eigenvalue weighted by Gasteiger charge is -2.13. The van der Waals surface area contributed by atoms with E-state index in [9.17, 15) is 28.1 Å². The Labute approximate surface area is 174 Å². The van der Waals surface area contributed by atoms with E-state index in [4.69, 9.17) is 4.74 Å². The number of aromatic amines is 1. The number of carbonyl (C=O) groups excluding carboxylic acids is 1. The highest BCUT2D eigenvalue weighted by molar-refractivity contribution is 6.03. The molecule has 1 amide bonds. The van der Waals surface area contributed by atoms with E-state index in [0.717, 1.165) is 22.8 Å². The number of nitro benzene ring substituents is 1. The minimum atomic E-state index is -4.69. The molecule has 3 aromatic rings. The largest absolute Gasteiger partial charge is 0.457 e. The summed E-state index contributed by atoms with van der Waals surface area (Å²) in [4.78, 5) is 22.9. The van der Waals surface area contributed by atoms with Crippen molar-refractivity contribution >= 4 is 17.3 Å². The maximum absolute atomic E-state index is 12.7. The van der Waals surface area contributed by atoms with Crippen LogP contribution in [-0.4, -0.2) is 21.0 Å². The van der Waals surface area contributed by atoms with Crippen LogP contribution < -0.4 is 10.1 Å². The summed E-state index contributed by atoms with van der Waals surface area (Å²) in [6.07, 6.45) is -4.69. The van der Waals surface area contributed by atoms with Crippen LogP contribution in [0, 0.1) is 30.9 Å². The number of halogens is 3. The number of non-ortho nitro benzene ring substituents is 1. The van der Waals surface area contributed by atoms with Crippen molar-refractivity contribution < 1.29 is 27.6 Å². The molecule has 11 heteroatoms. The lowest BCUT2D eigenvalue weighted by atomic mass is 10.1. The van der Waals surface area contributed by atoms with Crippen LogP contribution in [-0.2, 0) is 6.18 Å². The molecule has 0 unspecified atom stereocenters. The molecule has 31 heavy (non-hydrogen) atoms. The topological polar surface area (TPSA) is 110 Å². The number of rotatable bonds is 5. The molecule has 0 saturated heterocycles. The number of ether oxygens (including phenoxy) is 1. The lowest BCUT2D eigenvalue weighted by molar-refractivity contribution is -0.384. The third-order valence-corrected chi connectivity index (χ3v) is 4.47. The zero-order valence-electron chi connectivity index (χ0n) is 16.6. The molecular weight excluding hydrogens is 417 g/mol. The predicted molar refractivity (Wildman–Crippen MR) is 105 cm³/mol. The summed E-state index contributed by atoms with van der Waals surface area (Å²) in [6, 6.07) is 7.85. The summed E-state index contributed by atoms with van der Waals surface area (Å²) >= 11 is 0. The summed E-state index contributed by atoms with van der Waals surface area (Å²) in [5.41, 5.74) is 0.612. The monoisotopic (exact) mass is 434 g/mol. The first kappa shape index (κ1) is 21.8. The van der Waals surface area contributed by atoms with Gasteiger partial charge in [-0.3, -0.25) is 20.0 Å². The van der Waals surface area contributed by atoms with E-state index in [0.29, 0.717) is 11.8 Å². The molecule has 1 heterocycles. The molecule has 0 aliphatic rings. The number of nitrogens with one attached hydrogen (secondary N) is 2. The molecule has 0 spiro atoms. The second-order valence-corrected chi connectivity index (χ2v) is 6.90. The van der Waals surface area contributed by atoms with E-state index in [1.54, 1.807) is 11.2 Å².